The van der Waals surface area contributed by atoms with Gasteiger partial charge in [0.25, 0.3) is 0 Å². The van der Waals surface area contributed by atoms with Crippen LogP contribution in [0.4, 0.5) is 0 Å². The average Bonchev–Trinajstić information content (AvgIpc) is 3.35. The Balaban J connectivity index is 1.67. The van der Waals surface area contributed by atoms with Crippen LogP contribution in [0.15, 0.2) is 30.3 Å². The Kier molecular flexibility index (Phi) is 5.86. The lowest BCUT2D eigenvalue weighted by Gasteiger charge is -2.32. The standard InChI is InChI=1S/C25H31N5OS/c1-2-13-29-14-7-10-17(15-29)23(31)22-20(16-8-4-3-5-9-16)28-25-30(22)21-18(24(26)27)11-6-12-19(21)32-25/h3-5,8-9,17-18H,2,6-7,10-15H2,1H3,(H3,26,27). The van der Waals surface area contributed by atoms with Crippen molar-refractivity contribution < 1.29 is 4.79 Å². The number of ketones is 1. The number of thiazole rings is 1. The van der Waals surface area contributed by atoms with Crippen LogP contribution < -0.4 is 5.73 Å². The van der Waals surface area contributed by atoms with Crippen LogP contribution >= 0.6 is 11.3 Å². The van der Waals surface area contributed by atoms with Gasteiger partial charge in [0.15, 0.2) is 10.7 Å². The summed E-state index contributed by atoms with van der Waals surface area (Å²) in [6.45, 7) is 5.12. The number of aryl methyl sites for hydroxylation is 1. The van der Waals surface area contributed by atoms with Gasteiger partial charge in [0.2, 0.25) is 0 Å². The number of nitrogens with zero attached hydrogens (tertiary/aromatic N) is 3. The molecular weight excluding hydrogens is 418 g/mol. The van der Waals surface area contributed by atoms with Crippen LogP contribution in [0.25, 0.3) is 16.2 Å². The average molecular weight is 450 g/mol. The number of hydrogen-bond donors (Lipinski definition) is 2. The highest BCUT2D eigenvalue weighted by molar-refractivity contribution is 7.17. The molecule has 32 heavy (non-hydrogen) atoms. The second-order valence-electron chi connectivity index (χ2n) is 9.11. The lowest BCUT2D eigenvalue weighted by Crippen LogP contribution is -2.39. The molecule has 168 valence electrons. The van der Waals surface area contributed by atoms with E-state index >= 15 is 0 Å². The number of carbonyl (C=O) groups excluding carboxylic acids is 1. The molecule has 3 heterocycles. The summed E-state index contributed by atoms with van der Waals surface area (Å²) < 4.78 is 2.08. The van der Waals surface area contributed by atoms with Crippen LogP contribution in [0.1, 0.15) is 66.0 Å². The molecule has 5 rings (SSSR count). The minimum Gasteiger partial charge on any atom is -0.387 e. The Morgan fingerprint density at radius 3 is 2.81 bits per heavy atom. The van der Waals surface area contributed by atoms with Crippen LogP contribution in [0.3, 0.4) is 0 Å². The van der Waals surface area contributed by atoms with Gasteiger partial charge in [0, 0.05) is 28.6 Å². The van der Waals surface area contributed by atoms with E-state index in [0.29, 0.717) is 5.69 Å². The third kappa shape index (κ3) is 3.67. The molecule has 6 nitrogen and oxygen atoms in total. The maximum atomic E-state index is 14.1. The molecule has 1 saturated heterocycles. The number of Topliss-reactive ketones (excluding diaryl/α,β-unsaturated/α-hetero) is 1. The van der Waals surface area contributed by atoms with Crippen molar-refractivity contribution in [1.29, 1.82) is 5.41 Å². The van der Waals surface area contributed by atoms with E-state index in [-0.39, 0.29) is 23.5 Å². The van der Waals surface area contributed by atoms with Crippen molar-refractivity contribution >= 4 is 27.9 Å². The van der Waals surface area contributed by atoms with Gasteiger partial charge in [0.1, 0.15) is 11.4 Å². The fourth-order valence-corrected chi connectivity index (χ4v) is 6.64. The van der Waals surface area contributed by atoms with Gasteiger partial charge in [-0.25, -0.2) is 4.98 Å². The molecule has 0 spiro atoms. The Morgan fingerprint density at radius 1 is 1.25 bits per heavy atom. The monoisotopic (exact) mass is 449 g/mol. The molecule has 0 amide bonds. The topological polar surface area (TPSA) is 87.5 Å². The smallest absolute Gasteiger partial charge is 0.195 e. The summed E-state index contributed by atoms with van der Waals surface area (Å²) in [5.41, 5.74) is 9.50. The molecule has 2 aliphatic rings. The molecule has 0 radical (unpaired) electrons. The quantitative estimate of drug-likeness (QED) is 0.324. The second-order valence-corrected chi connectivity index (χ2v) is 10.2. The largest absolute Gasteiger partial charge is 0.387 e. The molecule has 0 saturated carbocycles. The number of likely N-dealkylation sites (tertiary alicyclic amines) is 1. The number of carbonyl (C=O) groups is 1. The van der Waals surface area contributed by atoms with E-state index in [4.69, 9.17) is 16.1 Å². The van der Waals surface area contributed by atoms with Gasteiger partial charge < -0.3 is 10.6 Å². The first kappa shape index (κ1) is 21.3. The molecule has 1 aliphatic carbocycles. The summed E-state index contributed by atoms with van der Waals surface area (Å²) in [6, 6.07) is 10.0. The van der Waals surface area contributed by atoms with Crippen molar-refractivity contribution in [3.05, 3.63) is 46.6 Å². The number of piperidine rings is 1. The van der Waals surface area contributed by atoms with E-state index in [9.17, 15) is 4.79 Å². The van der Waals surface area contributed by atoms with E-state index in [2.05, 4.69) is 16.2 Å². The van der Waals surface area contributed by atoms with Crippen molar-refractivity contribution in [3.63, 3.8) is 0 Å². The molecule has 1 fully saturated rings. The van der Waals surface area contributed by atoms with Crippen LogP contribution in [0.2, 0.25) is 0 Å². The van der Waals surface area contributed by atoms with Crippen molar-refractivity contribution in [2.24, 2.45) is 11.7 Å². The number of fused-ring (bicyclic) bond motifs is 3. The van der Waals surface area contributed by atoms with Gasteiger partial charge in [-0.1, -0.05) is 37.3 Å². The van der Waals surface area contributed by atoms with Gasteiger partial charge in [-0.3, -0.25) is 14.6 Å². The third-order valence-electron chi connectivity index (χ3n) is 6.89. The van der Waals surface area contributed by atoms with E-state index in [1.807, 2.05) is 30.3 Å². The van der Waals surface area contributed by atoms with Crippen LogP contribution in [-0.4, -0.2) is 45.5 Å². The molecule has 3 N–H and O–H groups in total. The predicted molar refractivity (Wildman–Crippen MR) is 130 cm³/mol. The maximum absolute atomic E-state index is 14.1. The maximum Gasteiger partial charge on any atom is 0.195 e. The summed E-state index contributed by atoms with van der Waals surface area (Å²) in [4.78, 5) is 23.6. The summed E-state index contributed by atoms with van der Waals surface area (Å²) in [6.07, 6.45) is 5.92. The number of imidazole rings is 1. The summed E-state index contributed by atoms with van der Waals surface area (Å²) in [7, 11) is 0. The van der Waals surface area contributed by atoms with E-state index in [0.717, 1.165) is 80.1 Å². The Bertz CT molecular complexity index is 1150. The molecule has 1 aromatic carbocycles. The predicted octanol–water partition coefficient (Wildman–Crippen LogP) is 4.72. The van der Waals surface area contributed by atoms with E-state index in [1.54, 1.807) is 11.3 Å². The zero-order chi connectivity index (χ0) is 22.2. The highest BCUT2D eigenvalue weighted by Crippen LogP contribution is 2.41. The lowest BCUT2D eigenvalue weighted by molar-refractivity contribution is 0.0814. The van der Waals surface area contributed by atoms with E-state index in [1.165, 1.54) is 4.88 Å². The molecule has 2 atom stereocenters. The van der Waals surface area contributed by atoms with Crippen molar-refractivity contribution in [2.45, 2.75) is 51.4 Å². The van der Waals surface area contributed by atoms with Crippen LogP contribution in [-0.2, 0) is 6.42 Å². The van der Waals surface area contributed by atoms with E-state index < -0.39 is 0 Å². The lowest BCUT2D eigenvalue weighted by atomic mass is 9.88. The number of hydrogen-bond acceptors (Lipinski definition) is 5. The van der Waals surface area contributed by atoms with Crippen LogP contribution in [0.5, 0.6) is 0 Å². The van der Waals surface area contributed by atoms with Gasteiger partial charge in [-0.2, -0.15) is 0 Å². The molecular formula is C25H31N5OS. The zero-order valence-electron chi connectivity index (χ0n) is 18.6. The van der Waals surface area contributed by atoms with Crippen molar-refractivity contribution in [3.8, 4) is 11.3 Å². The molecule has 3 aromatic rings. The number of benzene rings is 1. The Morgan fingerprint density at radius 2 is 2.06 bits per heavy atom. The molecule has 1 aliphatic heterocycles. The van der Waals surface area contributed by atoms with Crippen LogP contribution in [0, 0.1) is 11.3 Å². The van der Waals surface area contributed by atoms with Crippen molar-refractivity contribution in [1.82, 2.24) is 14.3 Å². The third-order valence-corrected chi connectivity index (χ3v) is 8.00. The highest BCUT2D eigenvalue weighted by atomic mass is 32.1. The molecule has 2 aromatic heterocycles. The minimum absolute atomic E-state index is 0.0208. The number of nitrogens with one attached hydrogen (secondary N) is 1. The SMILES string of the molecule is CCCN1CCCC(C(=O)c2c(-c3ccccc3)nc3sc4c(n23)C(C(=N)N)CCC4)C1. The molecule has 0 bridgehead atoms. The number of nitrogens with two attached hydrogens (primary N) is 1. The summed E-state index contributed by atoms with van der Waals surface area (Å²) in [5, 5.41) is 8.21. The normalized spacial score (nSPS) is 21.5. The van der Waals surface area contributed by atoms with Gasteiger partial charge in [0.05, 0.1) is 11.8 Å². The zero-order valence-corrected chi connectivity index (χ0v) is 19.5. The number of aromatic nitrogens is 2. The Labute approximate surface area is 193 Å². The van der Waals surface area contributed by atoms with Gasteiger partial charge >= 0.3 is 0 Å². The first-order chi connectivity index (χ1) is 15.6. The summed E-state index contributed by atoms with van der Waals surface area (Å²) >= 11 is 1.66. The van der Waals surface area contributed by atoms with Crippen molar-refractivity contribution in [2.75, 3.05) is 19.6 Å². The molecule has 2 unspecified atom stereocenters. The second kappa shape index (κ2) is 8.79. The van der Waals surface area contributed by atoms with Gasteiger partial charge in [-0.15, -0.1) is 11.3 Å². The number of amidine groups is 1. The first-order valence-corrected chi connectivity index (χ1v) is 12.6. The summed E-state index contributed by atoms with van der Waals surface area (Å²) in [5.74, 6) is 0.212. The number of rotatable bonds is 6. The molecule has 7 heteroatoms. The fourth-order valence-electron chi connectivity index (χ4n) is 5.42. The minimum atomic E-state index is -0.139. The first-order valence-electron chi connectivity index (χ1n) is 11.8. The fraction of sp³-hybridized carbons (Fsp3) is 0.480. The Hall–Kier alpha value is -2.51. The highest BCUT2D eigenvalue weighted by Gasteiger charge is 2.35. The van der Waals surface area contributed by atoms with Gasteiger partial charge in [-0.05, 0) is 51.6 Å².